The van der Waals surface area contributed by atoms with E-state index in [0.717, 1.165) is 6.07 Å². The number of nitrogens with one attached hydrogen (secondary N) is 1. The van der Waals surface area contributed by atoms with Crippen LogP contribution in [0.15, 0.2) is 26.1 Å². The van der Waals surface area contributed by atoms with Crippen molar-refractivity contribution in [2.24, 2.45) is 5.11 Å². The molecule has 2 aromatic heterocycles. The van der Waals surface area contributed by atoms with Gasteiger partial charge in [-0.05, 0) is 38.4 Å². The maximum atomic E-state index is 12.6. The first-order valence-corrected chi connectivity index (χ1v) is 11.2. The monoisotopic (exact) mass is 526 g/mol. The molecule has 7 N–H and O–H groups in total. The number of ether oxygens (including phenoxy) is 1. The van der Waals surface area contributed by atoms with Crippen LogP contribution in [0.25, 0.3) is 10.4 Å². The molecular formula is C22H30N4O11. The molecule has 0 aliphatic carbocycles. The van der Waals surface area contributed by atoms with E-state index >= 15 is 0 Å². The number of hydrogen-bond donors (Lipinski definition) is 7. The Hall–Kier alpha value is -3.43. The number of aliphatic hydroxyl groups is 6. The zero-order valence-corrected chi connectivity index (χ0v) is 20.3. The van der Waals surface area contributed by atoms with Crippen LogP contribution in [0.3, 0.4) is 0 Å². The van der Waals surface area contributed by atoms with Gasteiger partial charge in [0, 0.05) is 11.5 Å². The smallest absolute Gasteiger partial charge is 0.341 e. The summed E-state index contributed by atoms with van der Waals surface area (Å²) in [7, 11) is 0. The van der Waals surface area contributed by atoms with E-state index in [-0.39, 0.29) is 40.8 Å². The van der Waals surface area contributed by atoms with E-state index in [0.29, 0.717) is 0 Å². The number of carbonyl (C=O) groups excluding carboxylic acids is 2. The number of azide groups is 1. The third-order valence-electron chi connectivity index (χ3n) is 5.44. The van der Waals surface area contributed by atoms with Gasteiger partial charge in [0.15, 0.2) is 0 Å². The third-order valence-corrected chi connectivity index (χ3v) is 5.44. The van der Waals surface area contributed by atoms with Gasteiger partial charge in [0.05, 0.1) is 24.8 Å². The largest absolute Gasteiger partial charge is 0.463 e. The van der Waals surface area contributed by atoms with E-state index in [9.17, 15) is 40.2 Å². The standard InChI is InChI=1S/C22H30N4O11/c1-4-35-22(34)12-6-16(37-10(12)3)20(32)17(29)13(27)7-24-21(33)11-5-15(36-9(11)2)19(31)18(30)14(28)8-25-26-23/h5-6,13-14,17-20,27-32H,4,7-8H2,1-3H3,(H,24,33)/t13-,14-,17-,18-,19-,20-/m1/s1. The lowest BCUT2D eigenvalue weighted by molar-refractivity contribution is -0.0661. The maximum absolute atomic E-state index is 12.6. The first kappa shape index (κ1) is 29.8. The Morgan fingerprint density at radius 3 is 2.03 bits per heavy atom. The van der Waals surface area contributed by atoms with Gasteiger partial charge in [0.1, 0.15) is 59.1 Å². The molecule has 0 unspecified atom stereocenters. The molecule has 2 aromatic rings. The highest BCUT2D eigenvalue weighted by Gasteiger charge is 2.32. The Morgan fingerprint density at radius 2 is 1.49 bits per heavy atom. The predicted octanol–water partition coefficient (Wildman–Crippen LogP) is -0.0832. The highest BCUT2D eigenvalue weighted by atomic mass is 16.5. The Kier molecular flexibility index (Phi) is 10.6. The van der Waals surface area contributed by atoms with Gasteiger partial charge in [0.25, 0.3) is 5.91 Å². The molecule has 1 amide bonds. The van der Waals surface area contributed by atoms with Crippen molar-refractivity contribution >= 4 is 11.9 Å². The summed E-state index contributed by atoms with van der Waals surface area (Å²) in [6.45, 7) is 3.58. The van der Waals surface area contributed by atoms with Crippen LogP contribution in [0.5, 0.6) is 0 Å². The number of amides is 1. The Balaban J connectivity index is 2.01. The summed E-state index contributed by atoms with van der Waals surface area (Å²) in [5.41, 5.74) is 8.26. The van der Waals surface area contributed by atoms with Crippen molar-refractivity contribution in [2.75, 3.05) is 19.7 Å². The Labute approximate surface area is 210 Å². The van der Waals surface area contributed by atoms with Gasteiger partial charge < -0.3 is 49.5 Å². The Morgan fingerprint density at radius 1 is 0.973 bits per heavy atom. The summed E-state index contributed by atoms with van der Waals surface area (Å²) in [6.07, 6.45) is -10.3. The number of hydrogen-bond acceptors (Lipinski definition) is 12. The van der Waals surface area contributed by atoms with Crippen LogP contribution < -0.4 is 5.32 Å². The van der Waals surface area contributed by atoms with Crippen LogP contribution in [-0.2, 0) is 4.74 Å². The molecule has 0 spiro atoms. The molecule has 15 heteroatoms. The molecule has 0 radical (unpaired) electrons. The van der Waals surface area contributed by atoms with E-state index in [1.807, 2.05) is 0 Å². The number of aryl methyl sites for hydroxylation is 2. The van der Waals surface area contributed by atoms with Crippen molar-refractivity contribution in [3.63, 3.8) is 0 Å². The molecule has 2 heterocycles. The van der Waals surface area contributed by atoms with Gasteiger partial charge in [-0.3, -0.25) is 4.79 Å². The van der Waals surface area contributed by atoms with E-state index in [2.05, 4.69) is 15.3 Å². The molecule has 204 valence electrons. The van der Waals surface area contributed by atoms with Crippen molar-refractivity contribution in [1.29, 1.82) is 0 Å². The fourth-order valence-electron chi connectivity index (χ4n) is 3.34. The second kappa shape index (κ2) is 13.2. The zero-order valence-electron chi connectivity index (χ0n) is 20.3. The molecule has 0 aromatic carbocycles. The van der Waals surface area contributed by atoms with E-state index in [1.54, 1.807) is 6.92 Å². The van der Waals surface area contributed by atoms with E-state index < -0.39 is 61.6 Å². The van der Waals surface area contributed by atoms with Crippen LogP contribution in [0, 0.1) is 13.8 Å². The van der Waals surface area contributed by atoms with Gasteiger partial charge in [-0.2, -0.15) is 0 Å². The number of nitrogens with zero attached hydrogens (tertiary/aromatic N) is 3. The number of esters is 1. The zero-order chi connectivity index (χ0) is 27.9. The maximum Gasteiger partial charge on any atom is 0.341 e. The first-order chi connectivity index (χ1) is 17.4. The molecule has 15 nitrogen and oxygen atoms in total. The normalized spacial score (nSPS) is 16.1. The quantitative estimate of drug-likeness (QED) is 0.0786. The molecule has 6 atom stereocenters. The molecule has 0 fully saturated rings. The summed E-state index contributed by atoms with van der Waals surface area (Å²) in [6, 6.07) is 2.30. The van der Waals surface area contributed by atoms with Crippen LogP contribution in [0.2, 0.25) is 0 Å². The van der Waals surface area contributed by atoms with Crippen molar-refractivity contribution in [3.05, 3.63) is 56.7 Å². The minimum Gasteiger partial charge on any atom is -0.463 e. The average molecular weight is 526 g/mol. The van der Waals surface area contributed by atoms with Gasteiger partial charge in [-0.1, -0.05) is 5.11 Å². The second-order valence-corrected chi connectivity index (χ2v) is 8.09. The predicted molar refractivity (Wildman–Crippen MR) is 123 cm³/mol. The summed E-state index contributed by atoms with van der Waals surface area (Å²) >= 11 is 0. The van der Waals surface area contributed by atoms with Gasteiger partial charge in [-0.15, -0.1) is 0 Å². The fourth-order valence-corrected chi connectivity index (χ4v) is 3.34. The highest BCUT2D eigenvalue weighted by molar-refractivity contribution is 5.95. The number of aliphatic hydroxyl groups excluding tert-OH is 6. The minimum atomic E-state index is -1.81. The molecule has 0 aliphatic rings. The van der Waals surface area contributed by atoms with Gasteiger partial charge >= 0.3 is 5.97 Å². The molecule has 0 saturated carbocycles. The third kappa shape index (κ3) is 7.30. The molecule has 2 rings (SSSR count). The van der Waals surface area contributed by atoms with Gasteiger partial charge in [0.2, 0.25) is 0 Å². The summed E-state index contributed by atoms with van der Waals surface area (Å²) in [5, 5.41) is 66.4. The van der Waals surface area contributed by atoms with Crippen LogP contribution in [0.1, 0.15) is 62.9 Å². The SMILES string of the molecule is CCOC(=O)c1cc([C@@H](O)[C@H](O)[C@H](O)CNC(=O)c2cc([C@@H](O)[C@H](O)[C@H](O)CN=[N+]=[N-])oc2C)oc1C. The molecule has 0 aliphatic heterocycles. The van der Waals surface area contributed by atoms with E-state index in [1.165, 1.54) is 19.9 Å². The highest BCUT2D eigenvalue weighted by Crippen LogP contribution is 2.26. The number of furan rings is 2. The Bertz CT molecular complexity index is 1120. The topological polar surface area (TPSA) is 252 Å². The first-order valence-electron chi connectivity index (χ1n) is 11.2. The number of carbonyl (C=O) groups is 2. The van der Waals surface area contributed by atoms with Crippen molar-refractivity contribution < 1.29 is 53.8 Å². The molecule has 37 heavy (non-hydrogen) atoms. The van der Waals surface area contributed by atoms with Crippen LogP contribution in [0.4, 0.5) is 0 Å². The summed E-state index contributed by atoms with van der Waals surface area (Å²) in [4.78, 5) is 26.9. The lowest BCUT2D eigenvalue weighted by Gasteiger charge is -2.21. The fraction of sp³-hybridized carbons (Fsp3) is 0.545. The second-order valence-electron chi connectivity index (χ2n) is 8.09. The molecule has 0 bridgehead atoms. The van der Waals surface area contributed by atoms with Gasteiger partial charge in [-0.25, -0.2) is 4.79 Å². The van der Waals surface area contributed by atoms with Crippen LogP contribution in [-0.4, -0.2) is 86.6 Å². The van der Waals surface area contributed by atoms with Crippen molar-refractivity contribution in [1.82, 2.24) is 5.32 Å². The number of rotatable bonds is 13. The van der Waals surface area contributed by atoms with E-state index in [4.69, 9.17) is 19.1 Å². The lowest BCUT2D eigenvalue weighted by Crippen LogP contribution is -2.41. The molecule has 0 saturated heterocycles. The lowest BCUT2D eigenvalue weighted by atomic mass is 10.0. The molecular weight excluding hydrogens is 496 g/mol. The summed E-state index contributed by atoms with van der Waals surface area (Å²) < 4.78 is 15.5. The van der Waals surface area contributed by atoms with Crippen molar-refractivity contribution in [3.8, 4) is 0 Å². The minimum absolute atomic E-state index is 0.0379. The average Bonchev–Trinajstić information content (AvgIpc) is 3.46. The van der Waals surface area contributed by atoms with Crippen molar-refractivity contribution in [2.45, 2.75) is 57.4 Å². The summed E-state index contributed by atoms with van der Waals surface area (Å²) in [5.74, 6) is -1.71. The van der Waals surface area contributed by atoms with Crippen LogP contribution >= 0.6 is 0 Å².